The van der Waals surface area contributed by atoms with Crippen molar-refractivity contribution in [1.82, 2.24) is 24.6 Å². The molecule has 2 heterocycles. The first kappa shape index (κ1) is 31.0. The van der Waals surface area contributed by atoms with Crippen LogP contribution in [0.5, 0.6) is 0 Å². The molecule has 2 aromatic heterocycles. The highest BCUT2D eigenvalue weighted by Crippen LogP contribution is 2.25. The predicted molar refractivity (Wildman–Crippen MR) is 153 cm³/mol. The largest absolute Gasteiger partial charge is 0.444 e. The highest BCUT2D eigenvalue weighted by molar-refractivity contribution is 7.89. The van der Waals surface area contributed by atoms with Crippen LogP contribution in [0.2, 0.25) is 0 Å². The number of ketones is 1. The maximum Gasteiger partial charge on any atom is 0.408 e. The molecule has 0 aliphatic rings. The Kier molecular flexibility index (Phi) is 10.6. The van der Waals surface area contributed by atoms with E-state index in [4.69, 9.17) is 4.74 Å². The molecule has 0 aliphatic heterocycles. The van der Waals surface area contributed by atoms with Crippen molar-refractivity contribution in [2.45, 2.75) is 77.6 Å². The summed E-state index contributed by atoms with van der Waals surface area (Å²) in [7, 11) is -3.97. The normalized spacial score (nSPS) is 13.4. The molecule has 216 valence electrons. The summed E-state index contributed by atoms with van der Waals surface area (Å²) in [6, 6.07) is 11.7. The van der Waals surface area contributed by atoms with Crippen LogP contribution in [0.3, 0.4) is 0 Å². The first-order valence-corrected chi connectivity index (χ1v) is 14.9. The summed E-state index contributed by atoms with van der Waals surface area (Å²) in [5, 5.41) is 2.48. The molecule has 1 aromatic carbocycles. The standard InChI is InChI=1S/C29H39N5O5S/c1-6-7-10-23(25(35)17-32-40(37,38)27-11-8-9-16-30-27)33-28(36)39-26(29(3,4)5)19-34-18-24(31-20-34)22-14-12-21(2)13-15-22/h8-9,11-16,18,20,23,26,32H,6-7,10,17,19H2,1-5H3,(H,33,36)/t23-,26+/m0/s1. The second-order valence-electron chi connectivity index (χ2n) is 10.9. The molecule has 11 heteroatoms. The Morgan fingerprint density at radius 1 is 1.07 bits per heavy atom. The molecule has 0 unspecified atom stereocenters. The van der Waals surface area contributed by atoms with E-state index in [-0.39, 0.29) is 5.03 Å². The second-order valence-corrected chi connectivity index (χ2v) is 12.6. The quantitative estimate of drug-likeness (QED) is 0.310. The maximum atomic E-state index is 13.0. The molecule has 40 heavy (non-hydrogen) atoms. The van der Waals surface area contributed by atoms with Crippen LogP contribution >= 0.6 is 0 Å². The van der Waals surface area contributed by atoms with E-state index in [1.54, 1.807) is 18.5 Å². The van der Waals surface area contributed by atoms with Gasteiger partial charge in [0.1, 0.15) is 6.10 Å². The number of hydrogen-bond donors (Lipinski definition) is 2. The molecule has 2 atom stereocenters. The Hall–Kier alpha value is -3.57. The number of sulfonamides is 1. The number of carbonyl (C=O) groups excluding carboxylic acids is 2. The molecule has 0 saturated carbocycles. The third-order valence-corrected chi connectivity index (χ3v) is 7.77. The van der Waals surface area contributed by atoms with Gasteiger partial charge in [-0.25, -0.2) is 27.9 Å². The van der Waals surface area contributed by atoms with E-state index in [2.05, 4.69) is 20.0 Å². The molecule has 0 spiro atoms. The van der Waals surface area contributed by atoms with E-state index in [1.165, 1.54) is 12.3 Å². The molecule has 10 nitrogen and oxygen atoms in total. The number of alkyl carbamates (subject to hydrolysis) is 1. The summed E-state index contributed by atoms with van der Waals surface area (Å²) in [5.41, 5.74) is 2.56. The summed E-state index contributed by atoms with van der Waals surface area (Å²) in [5.74, 6) is -0.463. The SMILES string of the molecule is CCCC[C@H](NC(=O)O[C@H](Cn1cnc(-c2ccc(C)cc2)c1)C(C)(C)C)C(=O)CNS(=O)(=O)c1ccccn1. The van der Waals surface area contributed by atoms with Crippen molar-refractivity contribution in [3.8, 4) is 11.3 Å². The van der Waals surface area contributed by atoms with Crippen LogP contribution in [0, 0.1) is 12.3 Å². The minimum absolute atomic E-state index is 0.182. The van der Waals surface area contributed by atoms with E-state index >= 15 is 0 Å². The zero-order chi connectivity index (χ0) is 29.3. The molecular weight excluding hydrogens is 530 g/mol. The van der Waals surface area contributed by atoms with Crippen molar-refractivity contribution in [2.75, 3.05) is 6.54 Å². The van der Waals surface area contributed by atoms with Gasteiger partial charge in [0, 0.05) is 23.4 Å². The van der Waals surface area contributed by atoms with Gasteiger partial charge < -0.3 is 14.6 Å². The number of imidazole rings is 1. The number of pyridine rings is 1. The molecule has 2 N–H and O–H groups in total. The molecule has 0 radical (unpaired) electrons. The Bertz CT molecular complexity index is 1370. The van der Waals surface area contributed by atoms with E-state index in [0.29, 0.717) is 19.4 Å². The van der Waals surface area contributed by atoms with Gasteiger partial charge in [-0.2, -0.15) is 0 Å². The number of benzene rings is 1. The molecule has 0 bridgehead atoms. The van der Waals surface area contributed by atoms with Gasteiger partial charge in [0.2, 0.25) is 0 Å². The molecule has 3 aromatic rings. The van der Waals surface area contributed by atoms with E-state index in [9.17, 15) is 18.0 Å². The Balaban J connectivity index is 1.65. The maximum absolute atomic E-state index is 13.0. The van der Waals surface area contributed by atoms with Crippen LogP contribution in [0.25, 0.3) is 11.3 Å². The average Bonchev–Trinajstić information content (AvgIpc) is 3.38. The third kappa shape index (κ3) is 8.99. The zero-order valence-electron chi connectivity index (χ0n) is 23.8. The smallest absolute Gasteiger partial charge is 0.408 e. The Morgan fingerprint density at radius 3 is 2.42 bits per heavy atom. The number of nitrogens with zero attached hydrogens (tertiary/aromatic N) is 3. The minimum Gasteiger partial charge on any atom is -0.444 e. The number of nitrogens with one attached hydrogen (secondary N) is 2. The van der Waals surface area contributed by atoms with Crippen molar-refractivity contribution in [2.24, 2.45) is 5.41 Å². The van der Waals surface area contributed by atoms with Gasteiger partial charge in [-0.15, -0.1) is 0 Å². The summed E-state index contributed by atoms with van der Waals surface area (Å²) in [6.07, 6.45) is 5.53. The van der Waals surface area contributed by atoms with Gasteiger partial charge in [-0.1, -0.05) is 76.4 Å². The molecule has 3 rings (SSSR count). The zero-order valence-corrected chi connectivity index (χ0v) is 24.6. The molecule has 0 fully saturated rings. The number of amides is 1. The van der Waals surface area contributed by atoms with Crippen molar-refractivity contribution in [3.05, 3.63) is 66.7 Å². The van der Waals surface area contributed by atoms with Crippen LogP contribution in [0.15, 0.2) is 66.2 Å². The lowest BCUT2D eigenvalue weighted by atomic mass is 9.89. The number of ether oxygens (including phenoxy) is 1. The fraction of sp³-hybridized carbons (Fsp3) is 0.448. The van der Waals surface area contributed by atoms with Gasteiger partial charge >= 0.3 is 6.09 Å². The number of aryl methyl sites for hydroxylation is 1. The number of hydrogen-bond acceptors (Lipinski definition) is 7. The van der Waals surface area contributed by atoms with Gasteiger partial charge in [0.05, 0.1) is 31.2 Å². The highest BCUT2D eigenvalue weighted by atomic mass is 32.2. The fourth-order valence-corrected chi connectivity index (χ4v) is 4.85. The lowest BCUT2D eigenvalue weighted by molar-refractivity contribution is -0.120. The number of rotatable bonds is 13. The summed E-state index contributed by atoms with van der Waals surface area (Å²) >= 11 is 0. The first-order chi connectivity index (χ1) is 18.9. The number of aromatic nitrogens is 3. The van der Waals surface area contributed by atoms with Crippen LogP contribution in [-0.4, -0.2) is 53.5 Å². The highest BCUT2D eigenvalue weighted by Gasteiger charge is 2.31. The first-order valence-electron chi connectivity index (χ1n) is 13.4. The lowest BCUT2D eigenvalue weighted by Crippen LogP contribution is -2.47. The number of unbranched alkanes of at least 4 members (excludes halogenated alkanes) is 1. The lowest BCUT2D eigenvalue weighted by Gasteiger charge is -2.31. The number of Topliss-reactive ketones (excluding diaryl/α,β-unsaturated/α-hetero) is 1. The van der Waals surface area contributed by atoms with Crippen LogP contribution in [-0.2, 0) is 26.1 Å². The van der Waals surface area contributed by atoms with E-state index in [1.807, 2.05) is 69.6 Å². The monoisotopic (exact) mass is 569 g/mol. The van der Waals surface area contributed by atoms with E-state index < -0.39 is 46.0 Å². The Labute approximate surface area is 236 Å². The minimum atomic E-state index is -3.97. The van der Waals surface area contributed by atoms with Crippen LogP contribution < -0.4 is 10.0 Å². The molecule has 1 amide bonds. The predicted octanol–water partition coefficient (Wildman–Crippen LogP) is 4.50. The molecular formula is C29H39N5O5S. The van der Waals surface area contributed by atoms with Crippen molar-refractivity contribution < 1.29 is 22.7 Å². The van der Waals surface area contributed by atoms with Gasteiger partial charge in [-0.3, -0.25) is 4.79 Å². The van der Waals surface area contributed by atoms with Crippen LogP contribution in [0.1, 0.15) is 52.5 Å². The van der Waals surface area contributed by atoms with Gasteiger partial charge in [0.15, 0.2) is 10.8 Å². The second kappa shape index (κ2) is 13.7. The summed E-state index contributed by atoms with van der Waals surface area (Å²) < 4.78 is 35.0. The number of carbonyl (C=O) groups is 2. The topological polar surface area (TPSA) is 132 Å². The van der Waals surface area contributed by atoms with Crippen molar-refractivity contribution >= 4 is 21.9 Å². The van der Waals surface area contributed by atoms with E-state index in [0.717, 1.165) is 23.2 Å². The van der Waals surface area contributed by atoms with Crippen molar-refractivity contribution in [3.63, 3.8) is 0 Å². The third-order valence-electron chi connectivity index (χ3n) is 6.45. The molecule has 0 aliphatic carbocycles. The average molecular weight is 570 g/mol. The molecule has 0 saturated heterocycles. The summed E-state index contributed by atoms with van der Waals surface area (Å²) in [4.78, 5) is 34.3. The summed E-state index contributed by atoms with van der Waals surface area (Å²) in [6.45, 7) is 9.79. The van der Waals surface area contributed by atoms with Crippen molar-refractivity contribution in [1.29, 1.82) is 0 Å². The van der Waals surface area contributed by atoms with Gasteiger partial charge in [-0.05, 0) is 25.5 Å². The fourth-order valence-electron chi connectivity index (χ4n) is 3.91. The Morgan fingerprint density at radius 2 is 1.80 bits per heavy atom. The van der Waals surface area contributed by atoms with Gasteiger partial charge in [0.25, 0.3) is 10.0 Å². The van der Waals surface area contributed by atoms with Crippen LogP contribution in [0.4, 0.5) is 4.79 Å².